The molecule has 0 amide bonds. The monoisotopic (exact) mass is 619 g/mol. The van der Waals surface area contributed by atoms with Crippen molar-refractivity contribution >= 4 is 29.1 Å². The van der Waals surface area contributed by atoms with Crippen LogP contribution in [0, 0.1) is 18.2 Å². The number of thiazole rings is 1. The number of halogens is 3. The minimum Gasteiger partial charge on any atom is -0.481 e. The highest BCUT2D eigenvalue weighted by Gasteiger charge is 2.47. The number of carboxylic acids is 1. The number of benzene rings is 1. The standard InChI is InChI=1S/C30H36F3N5O4S/c1-3-42-28(41)24-22(36-26(27-35-11-12-43-27)37-25(24)20-5-4-6-21(31)18(20)2)15-38-17-30(32,33)13-19(38)7-10-34-16-29(8-9-29)14-23(39)40/h4-6,11-12,19,25,34H,3,7-10,13-17H2,1-2H3,(H,36,37)(H,39,40)/t19-,25-/m0/s1. The van der Waals surface area contributed by atoms with Gasteiger partial charge in [-0.1, -0.05) is 12.1 Å². The van der Waals surface area contributed by atoms with Gasteiger partial charge in [0.1, 0.15) is 11.9 Å². The van der Waals surface area contributed by atoms with Crippen molar-refractivity contribution in [1.29, 1.82) is 0 Å². The molecule has 2 aliphatic heterocycles. The molecule has 5 rings (SSSR count). The van der Waals surface area contributed by atoms with Gasteiger partial charge in [0.25, 0.3) is 5.92 Å². The summed E-state index contributed by atoms with van der Waals surface area (Å²) in [4.78, 5) is 35.4. The minimum atomic E-state index is -2.92. The van der Waals surface area contributed by atoms with Crippen molar-refractivity contribution in [3.05, 3.63) is 63.0 Å². The van der Waals surface area contributed by atoms with Crippen LogP contribution >= 0.6 is 11.3 Å². The Morgan fingerprint density at radius 3 is 2.77 bits per heavy atom. The number of hydrogen-bond acceptors (Lipinski definition) is 9. The predicted molar refractivity (Wildman–Crippen MR) is 156 cm³/mol. The Kier molecular flexibility index (Phi) is 9.23. The van der Waals surface area contributed by atoms with Crippen LogP contribution in [-0.4, -0.2) is 77.5 Å². The Morgan fingerprint density at radius 2 is 2.09 bits per heavy atom. The van der Waals surface area contributed by atoms with Crippen LogP contribution in [0.4, 0.5) is 13.2 Å². The van der Waals surface area contributed by atoms with Gasteiger partial charge in [0.15, 0.2) is 10.8 Å². The van der Waals surface area contributed by atoms with E-state index in [0.29, 0.717) is 47.2 Å². The lowest BCUT2D eigenvalue weighted by Gasteiger charge is -2.31. The highest BCUT2D eigenvalue weighted by Crippen LogP contribution is 2.48. The lowest BCUT2D eigenvalue weighted by atomic mass is 9.92. The number of rotatable bonds is 13. The molecule has 0 unspecified atom stereocenters. The van der Waals surface area contributed by atoms with E-state index in [4.69, 9.17) is 14.8 Å². The molecule has 3 N–H and O–H groups in total. The second-order valence-corrected chi connectivity index (χ2v) is 12.5. The summed E-state index contributed by atoms with van der Waals surface area (Å²) in [5.74, 6) is -4.49. The molecule has 2 aromatic rings. The summed E-state index contributed by atoms with van der Waals surface area (Å²) in [5, 5.41) is 18.0. The Balaban J connectivity index is 1.43. The number of aromatic nitrogens is 1. The third-order valence-corrected chi connectivity index (χ3v) is 9.12. The first-order chi connectivity index (χ1) is 20.5. The zero-order valence-electron chi connectivity index (χ0n) is 24.2. The van der Waals surface area contributed by atoms with Gasteiger partial charge in [-0.25, -0.2) is 22.9 Å². The van der Waals surface area contributed by atoms with Gasteiger partial charge in [-0.2, -0.15) is 0 Å². The van der Waals surface area contributed by atoms with Crippen LogP contribution in [-0.2, 0) is 14.3 Å². The number of carboxylic acid groups (broad SMARTS) is 1. The molecule has 0 radical (unpaired) electrons. The van der Waals surface area contributed by atoms with Crippen molar-refractivity contribution in [1.82, 2.24) is 20.5 Å². The fourth-order valence-electron chi connectivity index (χ4n) is 5.94. The summed E-state index contributed by atoms with van der Waals surface area (Å²) < 4.78 is 49.8. The quantitative estimate of drug-likeness (QED) is 0.223. The number of hydrogen-bond donors (Lipinski definition) is 3. The first-order valence-electron chi connectivity index (χ1n) is 14.4. The first-order valence-corrected chi connectivity index (χ1v) is 15.3. The Morgan fingerprint density at radius 1 is 1.30 bits per heavy atom. The Hall–Kier alpha value is -3.29. The zero-order chi connectivity index (χ0) is 30.8. The van der Waals surface area contributed by atoms with Crippen molar-refractivity contribution in [3.8, 4) is 0 Å². The lowest BCUT2D eigenvalue weighted by Crippen LogP contribution is -2.42. The van der Waals surface area contributed by atoms with E-state index in [9.17, 15) is 22.8 Å². The second-order valence-electron chi connectivity index (χ2n) is 11.6. The maximum absolute atomic E-state index is 14.8. The summed E-state index contributed by atoms with van der Waals surface area (Å²) in [5.41, 5.74) is 1.06. The SMILES string of the molecule is CCOC(=O)C1=C(CN2CC(F)(F)C[C@@H]2CCNCC2(CC(=O)O)CC2)NC(c2nccs2)=N[C@H]1c1cccc(F)c1C. The molecule has 0 bridgehead atoms. The molecule has 43 heavy (non-hydrogen) atoms. The summed E-state index contributed by atoms with van der Waals surface area (Å²) in [6.07, 6.45) is 3.47. The van der Waals surface area contributed by atoms with Gasteiger partial charge in [-0.05, 0) is 62.3 Å². The maximum Gasteiger partial charge on any atom is 0.338 e. The van der Waals surface area contributed by atoms with E-state index in [0.717, 1.165) is 12.8 Å². The number of esters is 1. The van der Waals surface area contributed by atoms with E-state index in [1.54, 1.807) is 42.5 Å². The van der Waals surface area contributed by atoms with E-state index in [2.05, 4.69) is 15.6 Å². The van der Waals surface area contributed by atoms with Crippen molar-refractivity contribution < 1.29 is 32.6 Å². The molecule has 1 saturated heterocycles. The molecule has 232 valence electrons. The van der Waals surface area contributed by atoms with Crippen LogP contribution in [0.25, 0.3) is 0 Å². The normalized spacial score (nSPS) is 22.7. The molecular weight excluding hydrogens is 583 g/mol. The molecule has 13 heteroatoms. The largest absolute Gasteiger partial charge is 0.481 e. The maximum atomic E-state index is 14.8. The van der Waals surface area contributed by atoms with Crippen LogP contribution in [0.5, 0.6) is 0 Å². The molecule has 1 aromatic heterocycles. The minimum absolute atomic E-state index is 0.00733. The number of aliphatic carboxylic acids is 1. The Labute approximate surface area is 252 Å². The van der Waals surface area contributed by atoms with E-state index < -0.39 is 42.3 Å². The zero-order valence-corrected chi connectivity index (χ0v) is 25.0. The van der Waals surface area contributed by atoms with Crippen LogP contribution in [0.2, 0.25) is 0 Å². The highest BCUT2D eigenvalue weighted by molar-refractivity contribution is 7.11. The fraction of sp³-hybridized carbons (Fsp3) is 0.533. The average Bonchev–Trinajstić information content (AvgIpc) is 3.34. The molecule has 3 heterocycles. The number of aliphatic imine (C=N–C) groups is 1. The number of alkyl halides is 2. The average molecular weight is 620 g/mol. The molecule has 1 saturated carbocycles. The van der Waals surface area contributed by atoms with Crippen molar-refractivity contribution in [2.24, 2.45) is 10.4 Å². The third-order valence-electron chi connectivity index (χ3n) is 8.34. The van der Waals surface area contributed by atoms with E-state index in [-0.39, 0.29) is 37.0 Å². The van der Waals surface area contributed by atoms with E-state index in [1.165, 1.54) is 17.4 Å². The summed E-state index contributed by atoms with van der Waals surface area (Å²) >= 11 is 1.33. The number of nitrogens with one attached hydrogen (secondary N) is 2. The molecular formula is C30H36F3N5O4S. The number of amidine groups is 1. The smallest absolute Gasteiger partial charge is 0.338 e. The molecule has 0 spiro atoms. The third kappa shape index (κ3) is 7.27. The van der Waals surface area contributed by atoms with Gasteiger partial charge in [0, 0.05) is 42.8 Å². The van der Waals surface area contributed by atoms with Gasteiger partial charge < -0.3 is 20.5 Å². The Bertz CT molecular complexity index is 1410. The van der Waals surface area contributed by atoms with Crippen molar-refractivity contribution in [3.63, 3.8) is 0 Å². The second kappa shape index (κ2) is 12.7. The van der Waals surface area contributed by atoms with E-state index in [1.807, 2.05) is 0 Å². The molecule has 1 aliphatic carbocycles. The van der Waals surface area contributed by atoms with Crippen LogP contribution in [0.15, 0.2) is 46.0 Å². The van der Waals surface area contributed by atoms with Gasteiger partial charge in [-0.15, -0.1) is 11.3 Å². The number of likely N-dealkylation sites (tertiary alicyclic amines) is 1. The van der Waals surface area contributed by atoms with Gasteiger partial charge >= 0.3 is 11.9 Å². The molecule has 2 atom stereocenters. The van der Waals surface area contributed by atoms with Crippen LogP contribution in [0.1, 0.15) is 61.2 Å². The summed E-state index contributed by atoms with van der Waals surface area (Å²) in [6.45, 7) is 3.86. The van der Waals surface area contributed by atoms with Crippen LogP contribution < -0.4 is 10.6 Å². The number of nitrogens with zero attached hydrogens (tertiary/aromatic N) is 3. The number of ether oxygens (including phenoxy) is 1. The van der Waals surface area contributed by atoms with Crippen molar-refractivity contribution in [2.75, 3.05) is 32.8 Å². The number of carbonyl (C=O) groups excluding carboxylic acids is 1. The summed E-state index contributed by atoms with van der Waals surface area (Å²) in [6, 6.07) is 3.15. The lowest BCUT2D eigenvalue weighted by molar-refractivity contribution is -0.139. The van der Waals surface area contributed by atoms with Gasteiger partial charge in [-0.3, -0.25) is 14.7 Å². The fourth-order valence-corrected chi connectivity index (χ4v) is 6.52. The molecule has 1 aromatic carbocycles. The van der Waals surface area contributed by atoms with Crippen LogP contribution in [0.3, 0.4) is 0 Å². The molecule has 9 nitrogen and oxygen atoms in total. The summed E-state index contributed by atoms with van der Waals surface area (Å²) in [7, 11) is 0. The van der Waals surface area contributed by atoms with Gasteiger partial charge in [0.05, 0.1) is 25.1 Å². The van der Waals surface area contributed by atoms with E-state index >= 15 is 0 Å². The highest BCUT2D eigenvalue weighted by atomic mass is 32.1. The predicted octanol–water partition coefficient (Wildman–Crippen LogP) is 4.44. The molecule has 3 aliphatic rings. The molecule has 2 fully saturated rings. The number of carbonyl (C=O) groups is 2. The van der Waals surface area contributed by atoms with Crippen molar-refractivity contribution in [2.45, 2.75) is 64.0 Å². The van der Waals surface area contributed by atoms with Gasteiger partial charge in [0.2, 0.25) is 0 Å². The first kappa shape index (κ1) is 31.1. The topological polar surface area (TPSA) is 116 Å².